The standard InChI is InChI=1S/C28H33F3N2O3/c1-17-21(26(34)32-20-15-35-16-20)13-24(33(17)14-18-5-3-2-4-6-18)19-11-22-25(23(12-19)28(29,30)31)36-10-9-27(22)7-8-27/h11-13,18,20H,2-10,14-16H2,1H3,(H,32,34). The zero-order valence-corrected chi connectivity index (χ0v) is 20.7. The lowest BCUT2D eigenvalue weighted by Crippen LogP contribution is -2.48. The van der Waals surface area contributed by atoms with Crippen molar-refractivity contribution in [3.63, 3.8) is 0 Å². The number of nitrogens with one attached hydrogen (secondary N) is 1. The van der Waals surface area contributed by atoms with Gasteiger partial charge in [0.2, 0.25) is 0 Å². The maximum absolute atomic E-state index is 14.3. The Labute approximate surface area is 209 Å². The van der Waals surface area contributed by atoms with Gasteiger partial charge in [-0.2, -0.15) is 13.2 Å². The molecule has 8 heteroatoms. The summed E-state index contributed by atoms with van der Waals surface area (Å²) < 4.78 is 55.7. The molecule has 2 aliphatic heterocycles. The van der Waals surface area contributed by atoms with Crippen LogP contribution in [0.2, 0.25) is 0 Å². The van der Waals surface area contributed by atoms with Crippen molar-refractivity contribution in [2.45, 2.75) is 82.5 Å². The number of hydrogen-bond acceptors (Lipinski definition) is 3. The van der Waals surface area contributed by atoms with Crippen LogP contribution in [0.3, 0.4) is 0 Å². The summed E-state index contributed by atoms with van der Waals surface area (Å²) in [6.45, 7) is 3.92. The Kier molecular flexibility index (Phi) is 5.85. The molecule has 0 bridgehead atoms. The van der Waals surface area contributed by atoms with Gasteiger partial charge in [0, 0.05) is 28.9 Å². The number of ether oxygens (including phenoxy) is 2. The summed E-state index contributed by atoms with van der Waals surface area (Å²) in [6, 6.07) is 4.91. The molecule has 0 atom stereocenters. The van der Waals surface area contributed by atoms with E-state index >= 15 is 0 Å². The van der Waals surface area contributed by atoms with Gasteiger partial charge in [-0.15, -0.1) is 0 Å². The predicted octanol–water partition coefficient (Wildman–Crippen LogP) is 6.01. The van der Waals surface area contributed by atoms with Gasteiger partial charge in [0.1, 0.15) is 5.75 Å². The van der Waals surface area contributed by atoms with E-state index in [1.807, 2.05) is 13.0 Å². The Bertz CT molecular complexity index is 1150. The molecular formula is C28H33F3N2O3. The Morgan fingerprint density at radius 1 is 1.11 bits per heavy atom. The first-order chi connectivity index (χ1) is 17.2. The van der Waals surface area contributed by atoms with Crippen LogP contribution in [0.15, 0.2) is 18.2 Å². The third kappa shape index (κ3) is 4.21. The molecule has 3 heterocycles. The first-order valence-corrected chi connectivity index (χ1v) is 13.2. The number of benzene rings is 1. The van der Waals surface area contributed by atoms with Crippen LogP contribution in [-0.4, -0.2) is 36.3 Å². The molecule has 194 valence electrons. The lowest BCUT2D eigenvalue weighted by molar-refractivity contribution is -0.139. The van der Waals surface area contributed by atoms with Crippen molar-refractivity contribution in [1.82, 2.24) is 9.88 Å². The summed E-state index contributed by atoms with van der Waals surface area (Å²) in [6.07, 6.45) is 3.80. The first kappa shape index (κ1) is 23.9. The summed E-state index contributed by atoms with van der Waals surface area (Å²) in [7, 11) is 0. The number of alkyl halides is 3. The Morgan fingerprint density at radius 3 is 2.50 bits per heavy atom. The smallest absolute Gasteiger partial charge is 0.419 e. The van der Waals surface area contributed by atoms with Crippen molar-refractivity contribution < 1.29 is 27.4 Å². The first-order valence-electron chi connectivity index (χ1n) is 13.2. The van der Waals surface area contributed by atoms with E-state index in [-0.39, 0.29) is 23.1 Å². The molecule has 1 amide bonds. The van der Waals surface area contributed by atoms with Gasteiger partial charge in [0.15, 0.2) is 0 Å². The number of hydrogen-bond donors (Lipinski definition) is 1. The number of rotatable bonds is 5. The quantitative estimate of drug-likeness (QED) is 0.545. The Morgan fingerprint density at radius 2 is 1.86 bits per heavy atom. The molecule has 36 heavy (non-hydrogen) atoms. The molecule has 2 aromatic rings. The fraction of sp³-hybridized carbons (Fsp3) is 0.607. The van der Waals surface area contributed by atoms with Crippen molar-refractivity contribution in [1.29, 1.82) is 0 Å². The largest absolute Gasteiger partial charge is 0.493 e. The highest BCUT2D eigenvalue weighted by atomic mass is 19.4. The fourth-order valence-corrected chi connectivity index (χ4v) is 6.25. The van der Waals surface area contributed by atoms with Gasteiger partial charge < -0.3 is 19.4 Å². The molecule has 1 saturated heterocycles. The van der Waals surface area contributed by atoms with Gasteiger partial charge in [-0.25, -0.2) is 0 Å². The zero-order valence-electron chi connectivity index (χ0n) is 20.7. The van der Waals surface area contributed by atoms with Crippen molar-refractivity contribution in [2.24, 2.45) is 5.92 Å². The van der Waals surface area contributed by atoms with Crippen LogP contribution >= 0.6 is 0 Å². The second-order valence-electron chi connectivity index (χ2n) is 11.1. The Balaban J connectivity index is 1.47. The fourth-order valence-electron chi connectivity index (χ4n) is 6.25. The van der Waals surface area contributed by atoms with Crippen LogP contribution in [0.1, 0.15) is 78.5 Å². The van der Waals surface area contributed by atoms with Crippen LogP contribution in [0.4, 0.5) is 13.2 Å². The average molecular weight is 503 g/mol. The minimum atomic E-state index is -4.52. The van der Waals surface area contributed by atoms with Crippen LogP contribution in [0, 0.1) is 12.8 Å². The summed E-state index contributed by atoms with van der Waals surface area (Å²) in [5.74, 6) is 0.262. The van der Waals surface area contributed by atoms with Crippen LogP contribution in [0.25, 0.3) is 11.3 Å². The van der Waals surface area contributed by atoms with Gasteiger partial charge in [-0.3, -0.25) is 4.79 Å². The van der Waals surface area contributed by atoms with Crippen LogP contribution in [-0.2, 0) is 22.9 Å². The van der Waals surface area contributed by atoms with Crippen molar-refractivity contribution in [2.75, 3.05) is 19.8 Å². The lowest BCUT2D eigenvalue weighted by atomic mass is 9.86. The normalized spacial score (nSPS) is 21.6. The SMILES string of the molecule is Cc1c(C(=O)NC2COC2)cc(-c2cc(C(F)(F)F)c3c(c2)C2(CCO3)CC2)n1CC1CCCCC1. The molecule has 3 fully saturated rings. The van der Waals surface area contributed by atoms with E-state index in [0.29, 0.717) is 54.7 Å². The zero-order chi connectivity index (χ0) is 25.1. The number of fused-ring (bicyclic) bond motifs is 2. The van der Waals surface area contributed by atoms with E-state index in [2.05, 4.69) is 9.88 Å². The van der Waals surface area contributed by atoms with Gasteiger partial charge in [-0.1, -0.05) is 19.3 Å². The summed E-state index contributed by atoms with van der Waals surface area (Å²) in [5.41, 5.74) is 2.30. The molecule has 1 aromatic carbocycles. The third-order valence-electron chi connectivity index (χ3n) is 8.69. The molecule has 1 N–H and O–H groups in total. The second-order valence-corrected chi connectivity index (χ2v) is 11.1. The van der Waals surface area contributed by atoms with E-state index < -0.39 is 11.7 Å². The topological polar surface area (TPSA) is 52.5 Å². The van der Waals surface area contributed by atoms with E-state index in [4.69, 9.17) is 9.47 Å². The molecule has 5 nitrogen and oxygen atoms in total. The molecule has 4 aliphatic rings. The summed E-state index contributed by atoms with van der Waals surface area (Å²) in [5, 5.41) is 3.00. The molecule has 0 unspecified atom stereocenters. The number of carbonyl (C=O) groups is 1. The number of halogens is 3. The third-order valence-corrected chi connectivity index (χ3v) is 8.69. The number of amides is 1. The van der Waals surface area contributed by atoms with E-state index in [0.717, 1.165) is 37.8 Å². The highest BCUT2D eigenvalue weighted by Crippen LogP contribution is 2.58. The molecular weight excluding hydrogens is 469 g/mol. The average Bonchev–Trinajstić information content (AvgIpc) is 3.52. The van der Waals surface area contributed by atoms with Crippen molar-refractivity contribution in [3.05, 3.63) is 40.6 Å². The number of aromatic nitrogens is 1. The monoisotopic (exact) mass is 502 g/mol. The maximum atomic E-state index is 14.3. The van der Waals surface area contributed by atoms with E-state index in [1.54, 1.807) is 6.07 Å². The second kappa shape index (κ2) is 8.82. The highest BCUT2D eigenvalue weighted by molar-refractivity contribution is 5.97. The number of nitrogens with zero attached hydrogens (tertiary/aromatic N) is 1. The minimum Gasteiger partial charge on any atom is -0.493 e. The maximum Gasteiger partial charge on any atom is 0.419 e. The number of carbonyl (C=O) groups excluding carboxylic acids is 1. The van der Waals surface area contributed by atoms with E-state index in [1.165, 1.54) is 25.3 Å². The van der Waals surface area contributed by atoms with Crippen molar-refractivity contribution in [3.8, 4) is 17.0 Å². The van der Waals surface area contributed by atoms with Crippen LogP contribution in [0.5, 0.6) is 5.75 Å². The summed E-state index contributed by atoms with van der Waals surface area (Å²) in [4.78, 5) is 13.1. The molecule has 6 rings (SSSR count). The lowest BCUT2D eigenvalue weighted by Gasteiger charge is -2.29. The highest BCUT2D eigenvalue weighted by Gasteiger charge is 2.50. The molecule has 2 aliphatic carbocycles. The van der Waals surface area contributed by atoms with Gasteiger partial charge in [0.05, 0.1) is 37.0 Å². The minimum absolute atomic E-state index is 0.0000542. The molecule has 2 saturated carbocycles. The molecule has 1 aromatic heterocycles. The van der Waals surface area contributed by atoms with Crippen LogP contribution < -0.4 is 10.1 Å². The Hall–Kier alpha value is -2.48. The van der Waals surface area contributed by atoms with Gasteiger partial charge in [0.25, 0.3) is 5.91 Å². The summed E-state index contributed by atoms with van der Waals surface area (Å²) >= 11 is 0. The van der Waals surface area contributed by atoms with Gasteiger partial charge in [-0.05, 0) is 68.7 Å². The molecule has 0 radical (unpaired) electrons. The predicted molar refractivity (Wildman–Crippen MR) is 129 cm³/mol. The van der Waals surface area contributed by atoms with Gasteiger partial charge >= 0.3 is 6.18 Å². The van der Waals surface area contributed by atoms with Crippen molar-refractivity contribution >= 4 is 5.91 Å². The van der Waals surface area contributed by atoms with E-state index in [9.17, 15) is 18.0 Å². The molecule has 1 spiro atoms.